The van der Waals surface area contributed by atoms with Gasteiger partial charge in [-0.15, -0.1) is 11.5 Å². The van der Waals surface area contributed by atoms with Gasteiger partial charge in [-0.05, 0) is 12.1 Å². The zero-order valence-electron chi connectivity index (χ0n) is 6.33. The Kier molecular flexibility index (Phi) is 3.52. The van der Waals surface area contributed by atoms with Gasteiger partial charge < -0.3 is 4.74 Å². The molecule has 0 aromatic carbocycles. The summed E-state index contributed by atoms with van der Waals surface area (Å²) in [5, 5.41) is 7.79. The second kappa shape index (κ2) is 4.70. The molecule has 0 saturated carbocycles. The molecule has 12 heavy (non-hydrogen) atoms. The van der Waals surface area contributed by atoms with Crippen molar-refractivity contribution in [3.05, 3.63) is 23.0 Å². The first-order valence-corrected chi connectivity index (χ1v) is 3.70. The molecule has 62 valence electrons. The van der Waals surface area contributed by atoms with Gasteiger partial charge >= 0.3 is 0 Å². The minimum absolute atomic E-state index is 0.282. The number of nitrogens with zero attached hydrogens (tertiary/aromatic N) is 2. The number of hydrogen-bond acceptors (Lipinski definition) is 3. The van der Waals surface area contributed by atoms with Crippen molar-refractivity contribution in [2.75, 3.05) is 6.61 Å². The standard InChI is InChI=1S/C8H7ClN2O/c1-2-5-12-6-7-3-4-8(9)11-10-7/h1,3-4H,5-6H2. The third-order valence-corrected chi connectivity index (χ3v) is 1.32. The van der Waals surface area contributed by atoms with Crippen LogP contribution in [0.5, 0.6) is 0 Å². The Morgan fingerprint density at radius 1 is 1.50 bits per heavy atom. The largest absolute Gasteiger partial charge is 0.362 e. The summed E-state index contributed by atoms with van der Waals surface area (Å²) in [7, 11) is 0. The van der Waals surface area contributed by atoms with Crippen LogP contribution in [0.15, 0.2) is 12.1 Å². The molecule has 1 aromatic heterocycles. The van der Waals surface area contributed by atoms with Crippen molar-refractivity contribution in [3.63, 3.8) is 0 Å². The number of rotatable bonds is 3. The fraction of sp³-hybridized carbons (Fsp3) is 0.250. The van der Waals surface area contributed by atoms with E-state index in [-0.39, 0.29) is 6.61 Å². The summed E-state index contributed by atoms with van der Waals surface area (Å²) >= 11 is 5.53. The molecule has 0 spiro atoms. The van der Waals surface area contributed by atoms with Crippen molar-refractivity contribution in [1.82, 2.24) is 10.2 Å². The van der Waals surface area contributed by atoms with Gasteiger partial charge in [-0.1, -0.05) is 17.5 Å². The highest BCUT2D eigenvalue weighted by Crippen LogP contribution is 2.02. The van der Waals surface area contributed by atoms with Crippen molar-refractivity contribution in [3.8, 4) is 12.3 Å². The molecule has 0 aliphatic carbocycles. The first kappa shape index (κ1) is 8.98. The number of halogens is 1. The first-order valence-electron chi connectivity index (χ1n) is 3.32. The molecule has 3 nitrogen and oxygen atoms in total. The van der Waals surface area contributed by atoms with Crippen LogP contribution < -0.4 is 0 Å². The van der Waals surface area contributed by atoms with E-state index in [1.807, 2.05) is 0 Å². The lowest BCUT2D eigenvalue weighted by Gasteiger charge is -1.97. The lowest BCUT2D eigenvalue weighted by Crippen LogP contribution is -1.97. The average Bonchev–Trinajstić information content (AvgIpc) is 2.09. The molecule has 0 bridgehead atoms. The number of hydrogen-bond donors (Lipinski definition) is 0. The fourth-order valence-corrected chi connectivity index (χ4v) is 0.736. The minimum Gasteiger partial charge on any atom is -0.362 e. The van der Waals surface area contributed by atoms with Gasteiger partial charge in [0.05, 0.1) is 12.3 Å². The molecule has 1 heterocycles. The van der Waals surface area contributed by atoms with Gasteiger partial charge in [0.25, 0.3) is 0 Å². The van der Waals surface area contributed by atoms with E-state index in [4.69, 9.17) is 22.8 Å². The van der Waals surface area contributed by atoms with Crippen LogP contribution in [0.4, 0.5) is 0 Å². The summed E-state index contributed by atoms with van der Waals surface area (Å²) in [6, 6.07) is 3.40. The molecule has 0 amide bonds. The van der Waals surface area contributed by atoms with Gasteiger partial charge in [0.2, 0.25) is 0 Å². The van der Waals surface area contributed by atoms with Crippen molar-refractivity contribution in [1.29, 1.82) is 0 Å². The van der Waals surface area contributed by atoms with Crippen LogP contribution in [0.3, 0.4) is 0 Å². The maximum atomic E-state index is 5.53. The quantitative estimate of drug-likeness (QED) is 0.522. The van der Waals surface area contributed by atoms with Gasteiger partial charge in [0.1, 0.15) is 6.61 Å². The van der Waals surface area contributed by atoms with E-state index in [0.29, 0.717) is 11.8 Å². The van der Waals surface area contributed by atoms with E-state index in [9.17, 15) is 0 Å². The van der Waals surface area contributed by atoms with Crippen LogP contribution in [-0.2, 0) is 11.3 Å². The van der Waals surface area contributed by atoms with Gasteiger partial charge in [-0.2, -0.15) is 5.10 Å². The molecule has 1 rings (SSSR count). The van der Waals surface area contributed by atoms with Crippen LogP contribution in [0.2, 0.25) is 5.15 Å². The summed E-state index contributed by atoms with van der Waals surface area (Å²) in [4.78, 5) is 0. The second-order valence-corrected chi connectivity index (χ2v) is 2.43. The SMILES string of the molecule is C#CCOCc1ccc(Cl)nn1. The minimum atomic E-state index is 0.282. The fourth-order valence-electron chi connectivity index (χ4n) is 0.635. The Morgan fingerprint density at radius 3 is 2.92 bits per heavy atom. The molecule has 0 aliphatic heterocycles. The summed E-state index contributed by atoms with van der Waals surface area (Å²) in [6.45, 7) is 0.651. The van der Waals surface area contributed by atoms with E-state index in [0.717, 1.165) is 5.69 Å². The van der Waals surface area contributed by atoms with Crippen molar-refractivity contribution in [2.45, 2.75) is 6.61 Å². The summed E-state index contributed by atoms with van der Waals surface area (Å²) in [6.07, 6.45) is 4.98. The molecule has 0 aliphatic rings. The predicted octanol–water partition coefficient (Wildman–Crippen LogP) is 1.28. The van der Waals surface area contributed by atoms with Gasteiger partial charge in [0, 0.05) is 0 Å². The number of terminal acetylenes is 1. The number of ether oxygens (including phenoxy) is 1. The molecule has 0 fully saturated rings. The molecular weight excluding hydrogens is 176 g/mol. The smallest absolute Gasteiger partial charge is 0.151 e. The highest BCUT2D eigenvalue weighted by Gasteiger charge is 1.94. The van der Waals surface area contributed by atoms with E-state index in [1.165, 1.54) is 0 Å². The van der Waals surface area contributed by atoms with E-state index in [2.05, 4.69) is 16.1 Å². The second-order valence-electron chi connectivity index (χ2n) is 2.04. The van der Waals surface area contributed by atoms with Gasteiger partial charge in [-0.3, -0.25) is 0 Å². The van der Waals surface area contributed by atoms with Gasteiger partial charge in [-0.25, -0.2) is 0 Å². The van der Waals surface area contributed by atoms with Crippen molar-refractivity contribution < 1.29 is 4.74 Å². The van der Waals surface area contributed by atoms with E-state index >= 15 is 0 Å². The Labute approximate surface area is 75.7 Å². The maximum absolute atomic E-state index is 5.53. The average molecular weight is 183 g/mol. The third kappa shape index (κ3) is 2.87. The Morgan fingerprint density at radius 2 is 2.33 bits per heavy atom. The molecule has 4 heteroatoms. The summed E-state index contributed by atoms with van der Waals surface area (Å²) in [5.41, 5.74) is 0.717. The van der Waals surface area contributed by atoms with Crippen LogP contribution in [0, 0.1) is 12.3 Å². The highest BCUT2D eigenvalue weighted by atomic mass is 35.5. The van der Waals surface area contributed by atoms with Crippen LogP contribution >= 0.6 is 11.6 Å². The molecule has 0 saturated heterocycles. The Bertz CT molecular complexity index is 278. The zero-order valence-corrected chi connectivity index (χ0v) is 7.08. The first-order chi connectivity index (χ1) is 5.83. The Hall–Kier alpha value is -1.11. The molecule has 0 atom stereocenters. The topological polar surface area (TPSA) is 35.0 Å². The Balaban J connectivity index is 2.43. The molecule has 1 aromatic rings. The van der Waals surface area contributed by atoms with Crippen molar-refractivity contribution in [2.24, 2.45) is 0 Å². The molecule has 0 N–H and O–H groups in total. The predicted molar refractivity (Wildman–Crippen MR) is 45.5 cm³/mol. The van der Waals surface area contributed by atoms with Crippen molar-refractivity contribution >= 4 is 11.6 Å². The monoisotopic (exact) mass is 182 g/mol. The molecule has 0 radical (unpaired) electrons. The third-order valence-electron chi connectivity index (χ3n) is 1.12. The normalized spacial score (nSPS) is 9.33. The molecule has 0 unspecified atom stereocenters. The van der Waals surface area contributed by atoms with Crippen LogP contribution in [0.25, 0.3) is 0 Å². The van der Waals surface area contributed by atoms with Crippen LogP contribution in [0.1, 0.15) is 5.69 Å². The lowest BCUT2D eigenvalue weighted by atomic mass is 10.4. The van der Waals surface area contributed by atoms with E-state index in [1.54, 1.807) is 12.1 Å². The maximum Gasteiger partial charge on any atom is 0.151 e. The highest BCUT2D eigenvalue weighted by molar-refractivity contribution is 6.29. The zero-order chi connectivity index (χ0) is 8.81. The molecular formula is C8H7ClN2O. The summed E-state index contributed by atoms with van der Waals surface area (Å²) < 4.78 is 5.03. The number of aromatic nitrogens is 2. The summed E-state index contributed by atoms with van der Waals surface area (Å²) in [5.74, 6) is 2.35. The van der Waals surface area contributed by atoms with Gasteiger partial charge in [0.15, 0.2) is 5.15 Å². The van der Waals surface area contributed by atoms with E-state index < -0.39 is 0 Å². The lowest BCUT2D eigenvalue weighted by molar-refractivity contribution is 0.150. The van der Waals surface area contributed by atoms with Crippen LogP contribution in [-0.4, -0.2) is 16.8 Å².